The number of esters is 1. The molecule has 0 aromatic heterocycles. The molecule has 4 atom stereocenters. The van der Waals surface area contributed by atoms with E-state index in [4.69, 9.17) is 4.74 Å². The Kier molecular flexibility index (Phi) is 8.42. The first kappa shape index (κ1) is 26.0. The van der Waals surface area contributed by atoms with Gasteiger partial charge >= 0.3 is 5.97 Å². The van der Waals surface area contributed by atoms with E-state index in [0.29, 0.717) is 44.6 Å². The van der Waals surface area contributed by atoms with Crippen LogP contribution < -0.4 is 0 Å². The number of likely N-dealkylation sites (tertiary alicyclic amines) is 2. The fourth-order valence-electron chi connectivity index (χ4n) is 5.15. The first-order valence-electron chi connectivity index (χ1n) is 12.2. The topological polar surface area (TPSA) is 87.2 Å². The number of aliphatic hydroxyl groups is 1. The molecule has 0 bridgehead atoms. The number of thioether (sulfide) groups is 1. The minimum absolute atomic E-state index is 0.0121. The van der Waals surface area contributed by atoms with Crippen molar-refractivity contribution in [2.45, 2.75) is 56.0 Å². The van der Waals surface area contributed by atoms with Crippen molar-refractivity contribution in [1.29, 1.82) is 0 Å². The van der Waals surface area contributed by atoms with Gasteiger partial charge in [0.15, 0.2) is 10.9 Å². The summed E-state index contributed by atoms with van der Waals surface area (Å²) >= 11 is 1.27. The molecule has 1 aromatic carbocycles. The number of methoxy groups -OCH3 is 1. The zero-order valence-electron chi connectivity index (χ0n) is 20.2. The number of ether oxygens (including phenoxy) is 1. The molecule has 7 nitrogen and oxygen atoms in total. The molecule has 0 spiro atoms. The van der Waals surface area contributed by atoms with Crippen molar-refractivity contribution >= 4 is 28.6 Å². The first-order chi connectivity index (χ1) is 16.8. The largest absolute Gasteiger partial charge is 0.468 e. The van der Waals surface area contributed by atoms with Crippen molar-refractivity contribution in [2.75, 3.05) is 33.3 Å². The number of hydrogen-bond donors (Lipinski definition) is 1. The second-order valence-electron chi connectivity index (χ2n) is 9.62. The zero-order chi connectivity index (χ0) is 25.1. The summed E-state index contributed by atoms with van der Waals surface area (Å²) in [7, 11) is 1.34. The molecule has 3 aliphatic rings. The Bertz CT molecular complexity index is 998. The number of hydrogen-bond acceptors (Lipinski definition) is 8. The van der Waals surface area contributed by atoms with E-state index >= 15 is 0 Å². The molecule has 1 aromatic rings. The predicted molar refractivity (Wildman–Crippen MR) is 131 cm³/mol. The summed E-state index contributed by atoms with van der Waals surface area (Å²) in [6.45, 7) is 3.32. The summed E-state index contributed by atoms with van der Waals surface area (Å²) in [4.78, 5) is 41.3. The van der Waals surface area contributed by atoms with Gasteiger partial charge in [0.25, 0.3) is 0 Å². The number of benzene rings is 1. The third-order valence-electron chi connectivity index (χ3n) is 7.04. The molecular weight excluding hydrogens is 471 g/mol. The average Bonchev–Trinajstić information content (AvgIpc) is 3.61. The van der Waals surface area contributed by atoms with Crippen LogP contribution in [0.15, 0.2) is 35.9 Å². The van der Waals surface area contributed by atoms with E-state index < -0.39 is 18.2 Å². The van der Waals surface area contributed by atoms with Gasteiger partial charge in [0.2, 0.25) is 0 Å². The minimum Gasteiger partial charge on any atom is -0.468 e. The van der Waals surface area contributed by atoms with Crippen molar-refractivity contribution in [1.82, 2.24) is 9.80 Å². The quantitative estimate of drug-likeness (QED) is 0.427. The van der Waals surface area contributed by atoms with E-state index in [1.807, 2.05) is 15.9 Å². The Morgan fingerprint density at radius 3 is 2.66 bits per heavy atom. The fraction of sp³-hybridized carbons (Fsp3) is 0.577. The number of rotatable bonds is 8. The number of halogens is 1. The number of Topliss-reactive ketones (excluding diaryl/α,β-unsaturated/α-hetero) is 1. The van der Waals surface area contributed by atoms with Gasteiger partial charge in [-0.25, -0.2) is 4.39 Å². The Balaban J connectivity index is 1.59. The van der Waals surface area contributed by atoms with Crippen LogP contribution in [0.4, 0.5) is 4.39 Å². The van der Waals surface area contributed by atoms with Gasteiger partial charge < -0.3 is 9.84 Å². The summed E-state index contributed by atoms with van der Waals surface area (Å²) in [5, 5.41) is 10.1. The van der Waals surface area contributed by atoms with E-state index in [-0.39, 0.29) is 33.9 Å². The molecule has 2 aliphatic heterocycles. The summed E-state index contributed by atoms with van der Waals surface area (Å²) in [5.41, 5.74) is 1.38. The maximum absolute atomic E-state index is 14.8. The van der Waals surface area contributed by atoms with Crippen LogP contribution in [0, 0.1) is 11.7 Å². The van der Waals surface area contributed by atoms with Gasteiger partial charge in [-0.3, -0.25) is 24.2 Å². The molecule has 4 rings (SSSR count). The Labute approximate surface area is 209 Å². The lowest BCUT2D eigenvalue weighted by Crippen LogP contribution is -2.44. The number of aliphatic hydroxyl groups excluding tert-OH is 1. The number of ketones is 1. The van der Waals surface area contributed by atoms with Crippen LogP contribution in [0.3, 0.4) is 0 Å². The van der Waals surface area contributed by atoms with Crippen LogP contribution in [-0.4, -0.2) is 82.5 Å². The van der Waals surface area contributed by atoms with Gasteiger partial charge in [-0.1, -0.05) is 36.0 Å². The summed E-state index contributed by atoms with van der Waals surface area (Å²) in [5.74, 6) is -0.734. The smallest absolute Gasteiger partial charge is 0.323 e. The maximum Gasteiger partial charge on any atom is 0.323 e. The van der Waals surface area contributed by atoms with Gasteiger partial charge in [0.05, 0.1) is 19.3 Å². The van der Waals surface area contributed by atoms with Gasteiger partial charge in [-0.15, -0.1) is 0 Å². The molecule has 1 aliphatic carbocycles. The van der Waals surface area contributed by atoms with Crippen LogP contribution >= 0.6 is 11.8 Å². The van der Waals surface area contributed by atoms with Crippen molar-refractivity contribution in [3.05, 3.63) is 47.3 Å². The number of carbonyl (C=O) groups excluding carboxylic acids is 3. The van der Waals surface area contributed by atoms with Gasteiger partial charge in [0, 0.05) is 56.3 Å². The lowest BCUT2D eigenvalue weighted by molar-refractivity contribution is -0.145. The Hall–Kier alpha value is -2.07. The molecule has 0 radical (unpaired) electrons. The standard InChI is InChI=1S/C26H33FN2O5S/c1-16(30)35-23-10-12-29(24(25(32)17-7-8-17)20-5-3-4-6-21(20)27)14-18(23)9-11-28-15-19(31)13-22(28)26(33)34-2/h3-6,9,17,19,22-24,31H,7-8,10-15H2,1-2H3/b18-9+/t19-,22+,23?,24?/m1/s1. The van der Waals surface area contributed by atoms with Crippen LogP contribution in [-0.2, 0) is 19.1 Å². The van der Waals surface area contributed by atoms with Crippen molar-refractivity contribution in [2.24, 2.45) is 5.92 Å². The first-order valence-corrected chi connectivity index (χ1v) is 13.0. The summed E-state index contributed by atoms with van der Waals surface area (Å²) in [6.07, 6.45) is 4.05. The van der Waals surface area contributed by atoms with Crippen molar-refractivity contribution < 1.29 is 28.6 Å². The molecule has 1 N–H and O–H groups in total. The second-order valence-corrected chi connectivity index (χ2v) is 11.0. The van der Waals surface area contributed by atoms with Crippen molar-refractivity contribution in [3.63, 3.8) is 0 Å². The monoisotopic (exact) mass is 504 g/mol. The molecule has 2 saturated heterocycles. The maximum atomic E-state index is 14.8. The molecule has 2 heterocycles. The molecule has 2 unspecified atom stereocenters. The Morgan fingerprint density at radius 2 is 2.00 bits per heavy atom. The summed E-state index contributed by atoms with van der Waals surface area (Å²) in [6, 6.07) is 5.28. The molecule has 1 saturated carbocycles. The Morgan fingerprint density at radius 1 is 1.26 bits per heavy atom. The SMILES string of the molecule is COC(=O)[C@@H]1C[C@@H](O)CN1C/C=C1\CN(C(C(=O)C2CC2)c2ccccc2F)CCC1SC(C)=O. The highest BCUT2D eigenvalue weighted by molar-refractivity contribution is 8.14. The lowest BCUT2D eigenvalue weighted by Gasteiger charge is -2.39. The number of β-amino-alcohol motifs (C(OH)–C–C–N with tert-alkyl or cyclic N) is 1. The van der Waals surface area contributed by atoms with E-state index in [1.165, 1.54) is 31.9 Å². The average molecular weight is 505 g/mol. The van der Waals surface area contributed by atoms with Gasteiger partial charge in [-0.2, -0.15) is 0 Å². The van der Waals surface area contributed by atoms with Crippen LogP contribution in [0.2, 0.25) is 0 Å². The zero-order valence-corrected chi connectivity index (χ0v) is 21.0. The van der Waals surface area contributed by atoms with Gasteiger partial charge in [-0.05, 0) is 30.9 Å². The number of carbonyl (C=O) groups is 3. The van der Waals surface area contributed by atoms with Crippen LogP contribution in [0.1, 0.15) is 44.2 Å². The lowest BCUT2D eigenvalue weighted by atomic mass is 9.93. The molecule has 0 amide bonds. The number of nitrogens with zero attached hydrogens (tertiary/aromatic N) is 2. The fourth-order valence-corrected chi connectivity index (χ4v) is 6.10. The molecule has 3 fully saturated rings. The third kappa shape index (κ3) is 6.20. The predicted octanol–water partition coefficient (Wildman–Crippen LogP) is 2.73. The van der Waals surface area contributed by atoms with E-state index in [9.17, 15) is 23.9 Å². The second kappa shape index (κ2) is 11.3. The highest BCUT2D eigenvalue weighted by atomic mass is 32.2. The normalized spacial score (nSPS) is 27.7. The highest BCUT2D eigenvalue weighted by Gasteiger charge is 2.42. The minimum atomic E-state index is -0.660. The highest BCUT2D eigenvalue weighted by Crippen LogP contribution is 2.40. The van der Waals surface area contributed by atoms with E-state index in [2.05, 4.69) is 0 Å². The molecule has 9 heteroatoms. The van der Waals surface area contributed by atoms with Crippen LogP contribution in [0.25, 0.3) is 0 Å². The van der Waals surface area contributed by atoms with Gasteiger partial charge in [0.1, 0.15) is 11.9 Å². The van der Waals surface area contributed by atoms with Crippen LogP contribution in [0.5, 0.6) is 0 Å². The molecule has 35 heavy (non-hydrogen) atoms. The van der Waals surface area contributed by atoms with E-state index in [1.54, 1.807) is 18.2 Å². The summed E-state index contributed by atoms with van der Waals surface area (Å²) < 4.78 is 19.7. The molecule has 190 valence electrons. The van der Waals surface area contributed by atoms with E-state index in [0.717, 1.165) is 18.4 Å². The number of piperidine rings is 1. The van der Waals surface area contributed by atoms with Crippen molar-refractivity contribution in [3.8, 4) is 0 Å². The molecular formula is C26H33FN2O5S. The third-order valence-corrected chi connectivity index (χ3v) is 8.20.